The molecule has 2 saturated heterocycles. The molecule has 4 aromatic heterocycles. The molecule has 7 heteroatoms. The molecular weight excluding hydrogens is 410 g/mol. The Morgan fingerprint density at radius 2 is 1.85 bits per heavy atom. The molecule has 3 aliphatic rings. The first-order valence-corrected chi connectivity index (χ1v) is 12.1. The van der Waals surface area contributed by atoms with Crippen molar-refractivity contribution >= 4 is 22.5 Å². The van der Waals surface area contributed by atoms with Gasteiger partial charge in [0.1, 0.15) is 12.1 Å². The number of fused-ring (bicyclic) bond motifs is 2. The van der Waals surface area contributed by atoms with Crippen LogP contribution in [0.25, 0.3) is 27.9 Å². The van der Waals surface area contributed by atoms with E-state index >= 15 is 0 Å². The molecule has 2 aliphatic heterocycles. The lowest BCUT2D eigenvalue weighted by atomic mass is 9.84. The number of anilines is 1. The van der Waals surface area contributed by atoms with Gasteiger partial charge in [0, 0.05) is 36.5 Å². The van der Waals surface area contributed by atoms with E-state index in [1.807, 2.05) is 4.52 Å². The number of nitrogens with zero attached hydrogens (tertiary/aromatic N) is 6. The molecule has 2 atom stereocenters. The Morgan fingerprint density at radius 1 is 1.03 bits per heavy atom. The number of aromatic amines is 1. The van der Waals surface area contributed by atoms with Crippen molar-refractivity contribution < 1.29 is 0 Å². The quantitative estimate of drug-likeness (QED) is 0.507. The van der Waals surface area contributed by atoms with Gasteiger partial charge >= 0.3 is 0 Å². The van der Waals surface area contributed by atoms with E-state index in [1.54, 1.807) is 6.33 Å². The van der Waals surface area contributed by atoms with Gasteiger partial charge in [-0.2, -0.15) is 5.10 Å². The van der Waals surface area contributed by atoms with E-state index in [-0.39, 0.29) is 0 Å². The van der Waals surface area contributed by atoms with Crippen LogP contribution >= 0.6 is 0 Å². The normalized spacial score (nSPS) is 26.1. The van der Waals surface area contributed by atoms with Gasteiger partial charge in [-0.1, -0.05) is 13.8 Å². The molecule has 3 fully saturated rings. The molecule has 0 bridgehead atoms. The van der Waals surface area contributed by atoms with Crippen LogP contribution in [0, 0.1) is 13.8 Å². The zero-order chi connectivity index (χ0) is 22.9. The van der Waals surface area contributed by atoms with Gasteiger partial charge in [0.2, 0.25) is 0 Å². The highest BCUT2D eigenvalue weighted by Gasteiger charge is 2.88. The minimum atomic E-state index is 0.345. The van der Waals surface area contributed by atoms with Crippen molar-refractivity contribution in [2.45, 2.75) is 71.0 Å². The number of hydrogen-bond donors (Lipinski definition) is 1. The van der Waals surface area contributed by atoms with E-state index in [4.69, 9.17) is 4.98 Å². The summed E-state index contributed by atoms with van der Waals surface area (Å²) in [4.78, 5) is 18.7. The van der Waals surface area contributed by atoms with Crippen LogP contribution in [0.15, 0.2) is 24.7 Å². The van der Waals surface area contributed by atoms with Crippen LogP contribution in [-0.2, 0) is 0 Å². The minimum Gasteiger partial charge on any atom is -0.353 e. The molecule has 0 amide bonds. The molecule has 1 N–H and O–H groups in total. The minimum absolute atomic E-state index is 0.345. The number of H-pyrrole nitrogens is 1. The monoisotopic (exact) mass is 441 g/mol. The van der Waals surface area contributed by atoms with E-state index in [2.05, 4.69) is 84.7 Å². The molecule has 4 aromatic rings. The number of aromatic nitrogens is 5. The topological polar surface area (TPSA) is 65.4 Å². The van der Waals surface area contributed by atoms with Crippen molar-refractivity contribution in [3.8, 4) is 11.3 Å². The van der Waals surface area contributed by atoms with Crippen molar-refractivity contribution in [2.24, 2.45) is 0 Å². The molecule has 0 spiro atoms. The van der Waals surface area contributed by atoms with E-state index in [0.717, 1.165) is 40.3 Å². The number of likely N-dealkylation sites (tertiary alicyclic amines) is 1. The molecule has 1 aliphatic carbocycles. The summed E-state index contributed by atoms with van der Waals surface area (Å²) in [5.74, 6) is 1.48. The van der Waals surface area contributed by atoms with Crippen LogP contribution in [0.2, 0.25) is 0 Å². The summed E-state index contributed by atoms with van der Waals surface area (Å²) >= 11 is 0. The number of piperazine rings is 1. The Balaban J connectivity index is 1.34. The summed E-state index contributed by atoms with van der Waals surface area (Å²) in [6.45, 7) is 15.8. The SMILES string of the molecule is Cc1c(-c2[nH]c3ccc(N4CC56C[C@@]45CN6C(C)C)nc3c2C(C)C)cn2ncnc2c1C. The van der Waals surface area contributed by atoms with Crippen LogP contribution < -0.4 is 4.90 Å². The number of aryl methyl sites for hydroxylation is 1. The van der Waals surface area contributed by atoms with Gasteiger partial charge < -0.3 is 9.88 Å². The molecule has 7 rings (SSSR count). The van der Waals surface area contributed by atoms with Gasteiger partial charge in [0.15, 0.2) is 5.65 Å². The van der Waals surface area contributed by atoms with Crippen LogP contribution in [-0.4, -0.2) is 59.7 Å². The smallest absolute Gasteiger partial charge is 0.158 e. The van der Waals surface area contributed by atoms with Gasteiger partial charge in [0.05, 0.1) is 27.8 Å². The summed E-state index contributed by atoms with van der Waals surface area (Å²) in [6, 6.07) is 5.06. The van der Waals surface area contributed by atoms with E-state index < -0.39 is 0 Å². The fraction of sp³-hybridized carbons (Fsp3) is 0.500. The van der Waals surface area contributed by atoms with Crippen molar-refractivity contribution in [3.05, 3.63) is 41.3 Å². The van der Waals surface area contributed by atoms with Crippen LogP contribution in [0.1, 0.15) is 56.7 Å². The number of rotatable bonds is 4. The largest absolute Gasteiger partial charge is 0.353 e. The fourth-order valence-electron chi connectivity index (χ4n) is 6.83. The summed E-state index contributed by atoms with van der Waals surface area (Å²) in [5.41, 5.74) is 9.90. The third-order valence-corrected chi connectivity index (χ3v) is 8.78. The van der Waals surface area contributed by atoms with E-state index in [9.17, 15) is 0 Å². The first-order valence-electron chi connectivity index (χ1n) is 12.1. The zero-order valence-electron chi connectivity index (χ0n) is 20.3. The second-order valence-electron chi connectivity index (χ2n) is 11.0. The van der Waals surface area contributed by atoms with Gasteiger partial charge in [0.25, 0.3) is 0 Å². The lowest BCUT2D eigenvalue weighted by Gasteiger charge is -2.63. The maximum Gasteiger partial charge on any atom is 0.158 e. The molecule has 6 heterocycles. The molecule has 0 aromatic carbocycles. The summed E-state index contributed by atoms with van der Waals surface area (Å²) in [5, 5.41) is 4.41. The van der Waals surface area contributed by atoms with Gasteiger partial charge in [-0.25, -0.2) is 14.5 Å². The Morgan fingerprint density at radius 3 is 2.55 bits per heavy atom. The molecule has 0 radical (unpaired) electrons. The highest BCUT2D eigenvalue weighted by molar-refractivity contribution is 5.91. The molecule has 33 heavy (non-hydrogen) atoms. The molecule has 1 unspecified atom stereocenters. The highest BCUT2D eigenvalue weighted by atomic mass is 15.6. The van der Waals surface area contributed by atoms with Crippen molar-refractivity contribution in [3.63, 3.8) is 0 Å². The third kappa shape index (κ3) is 2.17. The van der Waals surface area contributed by atoms with Crippen LogP contribution in [0.4, 0.5) is 5.82 Å². The van der Waals surface area contributed by atoms with Gasteiger partial charge in [-0.3, -0.25) is 4.90 Å². The molecular formula is C26H31N7. The lowest BCUT2D eigenvalue weighted by molar-refractivity contribution is -0.0165. The maximum absolute atomic E-state index is 5.27. The predicted octanol–water partition coefficient (Wildman–Crippen LogP) is 4.44. The molecule has 1 saturated carbocycles. The first kappa shape index (κ1) is 19.5. The molecule has 170 valence electrons. The zero-order valence-corrected chi connectivity index (χ0v) is 20.3. The van der Waals surface area contributed by atoms with Crippen LogP contribution in [0.5, 0.6) is 0 Å². The lowest BCUT2D eigenvalue weighted by Crippen LogP contribution is -2.80. The Bertz CT molecular complexity index is 1460. The average molecular weight is 442 g/mol. The van der Waals surface area contributed by atoms with Crippen molar-refractivity contribution in [2.75, 3.05) is 18.0 Å². The second-order valence-corrected chi connectivity index (χ2v) is 11.0. The standard InChI is InChI=1S/C26H31N7/c1-14(2)21-22(18-9-33-24(27-13-28-33)17(6)16(18)5)29-19-7-8-20(30-23(19)21)32-12-25-10-26(25,32)11-31(25)15(3)4/h7-9,13-15,29H,10-12H2,1-6H3/t25?,26-/m0/s1. The number of hydrogen-bond acceptors (Lipinski definition) is 5. The molecule has 7 nitrogen and oxygen atoms in total. The first-order chi connectivity index (χ1) is 15.8. The Kier molecular flexibility index (Phi) is 3.52. The fourth-order valence-corrected chi connectivity index (χ4v) is 6.83. The highest BCUT2D eigenvalue weighted by Crippen LogP contribution is 2.73. The van der Waals surface area contributed by atoms with E-state index in [1.165, 1.54) is 29.7 Å². The summed E-state index contributed by atoms with van der Waals surface area (Å²) in [6.07, 6.45) is 5.02. The van der Waals surface area contributed by atoms with Gasteiger partial charge in [-0.05, 0) is 63.3 Å². The predicted molar refractivity (Wildman–Crippen MR) is 131 cm³/mol. The van der Waals surface area contributed by atoms with Gasteiger partial charge in [-0.15, -0.1) is 0 Å². The summed E-state index contributed by atoms with van der Waals surface area (Å²) in [7, 11) is 0. The van der Waals surface area contributed by atoms with Crippen molar-refractivity contribution in [1.29, 1.82) is 0 Å². The Labute approximate surface area is 193 Å². The second kappa shape index (κ2) is 5.95. The summed E-state index contributed by atoms with van der Waals surface area (Å²) < 4.78 is 1.88. The van der Waals surface area contributed by atoms with E-state index in [0.29, 0.717) is 23.0 Å². The maximum atomic E-state index is 5.27. The number of nitrogens with one attached hydrogen (secondary N) is 1. The third-order valence-electron chi connectivity index (χ3n) is 8.78. The van der Waals surface area contributed by atoms with Crippen LogP contribution in [0.3, 0.4) is 0 Å². The Hall–Kier alpha value is -2.93. The average Bonchev–Trinajstić information content (AvgIpc) is 3.30. The number of pyridine rings is 2. The van der Waals surface area contributed by atoms with Crippen molar-refractivity contribution in [1.82, 2.24) is 29.5 Å².